The summed E-state index contributed by atoms with van der Waals surface area (Å²) in [6, 6.07) is 12.6. The monoisotopic (exact) mass is 476 g/mol. The van der Waals surface area contributed by atoms with Gasteiger partial charge < -0.3 is 9.73 Å². The van der Waals surface area contributed by atoms with Crippen LogP contribution in [0.1, 0.15) is 28.8 Å². The Bertz CT molecular complexity index is 1500. The van der Waals surface area contributed by atoms with E-state index in [1.807, 2.05) is 31.2 Å². The maximum Gasteiger partial charge on any atom is 0.264 e. The van der Waals surface area contributed by atoms with Gasteiger partial charge in [0.05, 0.1) is 35.8 Å². The van der Waals surface area contributed by atoms with Crippen molar-refractivity contribution in [2.45, 2.75) is 33.4 Å². The van der Waals surface area contributed by atoms with Gasteiger partial charge in [-0.3, -0.25) is 9.48 Å². The molecule has 0 aliphatic heterocycles. The maximum absolute atomic E-state index is 13.9. The van der Waals surface area contributed by atoms with E-state index in [-0.39, 0.29) is 34.7 Å². The Morgan fingerprint density at radius 2 is 2.00 bits per heavy atom. The van der Waals surface area contributed by atoms with E-state index in [4.69, 9.17) is 4.42 Å². The number of nitrogens with zero attached hydrogens (tertiary/aromatic N) is 5. The summed E-state index contributed by atoms with van der Waals surface area (Å²) in [6.45, 7) is 4.02. The molecule has 0 aliphatic carbocycles. The van der Waals surface area contributed by atoms with Gasteiger partial charge in [0, 0.05) is 11.8 Å². The predicted molar refractivity (Wildman–Crippen MR) is 126 cm³/mol. The Balaban J connectivity index is 1.38. The molecular weight excluding hydrogens is 454 g/mol. The van der Waals surface area contributed by atoms with E-state index >= 15 is 0 Å². The van der Waals surface area contributed by atoms with Crippen LogP contribution in [-0.2, 0) is 17.9 Å². The highest BCUT2D eigenvalue weighted by Crippen LogP contribution is 2.33. The number of alkyl halides is 2. The number of carbonyl (C=O) groups excluding carboxylic acids is 1. The summed E-state index contributed by atoms with van der Waals surface area (Å²) in [4.78, 5) is 17.3. The van der Waals surface area contributed by atoms with Gasteiger partial charge >= 0.3 is 0 Å². The maximum atomic E-state index is 13.9. The van der Waals surface area contributed by atoms with Crippen LogP contribution in [0.3, 0.4) is 0 Å². The Labute approximate surface area is 199 Å². The van der Waals surface area contributed by atoms with Crippen LogP contribution in [0.4, 0.5) is 14.5 Å². The third-order valence-electron chi connectivity index (χ3n) is 5.72. The molecule has 0 atom stereocenters. The van der Waals surface area contributed by atoms with E-state index in [9.17, 15) is 13.6 Å². The first kappa shape index (κ1) is 22.5. The Hall–Kier alpha value is -4.34. The lowest BCUT2D eigenvalue weighted by molar-refractivity contribution is -0.116. The van der Waals surface area contributed by atoms with Gasteiger partial charge in [0.15, 0.2) is 11.4 Å². The number of nitrogens with one attached hydrogen (secondary N) is 1. The zero-order chi connectivity index (χ0) is 24.5. The second-order valence-corrected chi connectivity index (χ2v) is 8.22. The number of fused-ring (bicyclic) bond motifs is 1. The number of carbonyl (C=O) groups is 1. The van der Waals surface area contributed by atoms with Gasteiger partial charge in [-0.15, -0.1) is 0 Å². The van der Waals surface area contributed by atoms with Crippen LogP contribution in [0, 0.1) is 13.8 Å². The minimum Gasteiger partial charge on any atom is -0.463 e. The van der Waals surface area contributed by atoms with E-state index in [1.54, 1.807) is 36.1 Å². The van der Waals surface area contributed by atoms with Crippen molar-refractivity contribution in [2.24, 2.45) is 0 Å². The Morgan fingerprint density at radius 1 is 1.17 bits per heavy atom. The summed E-state index contributed by atoms with van der Waals surface area (Å²) < 4.78 is 36.1. The van der Waals surface area contributed by atoms with Gasteiger partial charge in [0.1, 0.15) is 12.2 Å². The van der Waals surface area contributed by atoms with Crippen LogP contribution in [0.5, 0.6) is 0 Å². The molecule has 178 valence electrons. The summed E-state index contributed by atoms with van der Waals surface area (Å²) >= 11 is 0. The van der Waals surface area contributed by atoms with E-state index in [2.05, 4.69) is 20.5 Å². The summed E-state index contributed by atoms with van der Waals surface area (Å²) in [5.74, 6) is -0.0293. The number of aromatic nitrogens is 5. The summed E-state index contributed by atoms with van der Waals surface area (Å²) in [5.41, 5.74) is 3.40. The molecule has 1 N–H and O–H groups in total. The van der Waals surface area contributed by atoms with Crippen molar-refractivity contribution in [2.75, 3.05) is 5.32 Å². The molecule has 0 spiro atoms. The molecule has 0 radical (unpaired) electrons. The quantitative estimate of drug-likeness (QED) is 0.352. The molecule has 4 heterocycles. The van der Waals surface area contributed by atoms with Gasteiger partial charge in [-0.2, -0.15) is 10.2 Å². The number of furan rings is 1. The molecule has 0 saturated heterocycles. The molecule has 4 aromatic heterocycles. The number of hydrogen-bond donors (Lipinski definition) is 1. The average molecular weight is 476 g/mol. The fourth-order valence-corrected chi connectivity index (χ4v) is 4.03. The second-order valence-electron chi connectivity index (χ2n) is 8.22. The number of rotatable bonds is 7. The first-order valence-electron chi connectivity index (χ1n) is 11.0. The zero-order valence-electron chi connectivity index (χ0n) is 19.1. The number of halogens is 2. The highest BCUT2D eigenvalue weighted by molar-refractivity contribution is 5.92. The Kier molecular flexibility index (Phi) is 5.86. The first-order valence-corrected chi connectivity index (χ1v) is 11.0. The molecule has 0 bridgehead atoms. The van der Waals surface area contributed by atoms with Crippen LogP contribution in [-0.4, -0.2) is 30.5 Å². The third-order valence-corrected chi connectivity index (χ3v) is 5.72. The highest BCUT2D eigenvalue weighted by atomic mass is 19.3. The van der Waals surface area contributed by atoms with Crippen molar-refractivity contribution < 1.29 is 18.0 Å². The van der Waals surface area contributed by atoms with Crippen LogP contribution in [0.2, 0.25) is 0 Å². The summed E-state index contributed by atoms with van der Waals surface area (Å²) in [6.07, 6.45) is 2.00. The van der Waals surface area contributed by atoms with Crippen molar-refractivity contribution in [3.8, 4) is 11.5 Å². The van der Waals surface area contributed by atoms with Crippen molar-refractivity contribution >= 4 is 22.6 Å². The van der Waals surface area contributed by atoms with Gasteiger partial charge in [-0.05, 0) is 43.2 Å². The standard InChI is InChI=1S/C25H22F2N6O2/c1-15-6-3-4-7-17(15)12-32-13-18(11-28-32)29-22(34)14-33-25-23(16(2)31-33)19(24(26)27)10-20(30-25)21-8-5-9-35-21/h3-11,13,24H,12,14H2,1-2H3,(H,29,34). The van der Waals surface area contributed by atoms with Crippen LogP contribution >= 0.6 is 0 Å². The fourth-order valence-electron chi connectivity index (χ4n) is 4.03. The van der Waals surface area contributed by atoms with E-state index in [0.717, 1.165) is 11.1 Å². The number of anilines is 1. The fraction of sp³-hybridized carbons (Fsp3) is 0.200. The molecule has 1 aromatic carbocycles. The Morgan fingerprint density at radius 3 is 2.74 bits per heavy atom. The van der Waals surface area contributed by atoms with Crippen molar-refractivity contribution in [3.63, 3.8) is 0 Å². The van der Waals surface area contributed by atoms with E-state index in [1.165, 1.54) is 17.0 Å². The van der Waals surface area contributed by atoms with Crippen LogP contribution in [0.25, 0.3) is 22.5 Å². The van der Waals surface area contributed by atoms with Crippen molar-refractivity contribution in [1.29, 1.82) is 0 Å². The SMILES string of the molecule is Cc1ccccc1Cn1cc(NC(=O)Cn2nc(C)c3c(C(F)F)cc(-c4ccco4)nc32)cn1. The van der Waals surface area contributed by atoms with Crippen molar-refractivity contribution in [3.05, 3.63) is 83.5 Å². The van der Waals surface area contributed by atoms with E-state index in [0.29, 0.717) is 23.7 Å². The normalized spacial score (nSPS) is 11.5. The zero-order valence-corrected chi connectivity index (χ0v) is 19.1. The van der Waals surface area contributed by atoms with E-state index < -0.39 is 6.43 Å². The lowest BCUT2D eigenvalue weighted by Gasteiger charge is -2.08. The summed E-state index contributed by atoms with van der Waals surface area (Å²) in [7, 11) is 0. The third kappa shape index (κ3) is 4.54. The topological polar surface area (TPSA) is 90.8 Å². The lowest BCUT2D eigenvalue weighted by atomic mass is 10.1. The summed E-state index contributed by atoms with van der Waals surface area (Å²) in [5, 5.41) is 11.6. The first-order chi connectivity index (χ1) is 16.9. The largest absolute Gasteiger partial charge is 0.463 e. The molecular formula is C25H22F2N6O2. The molecule has 5 aromatic rings. The number of amides is 1. The van der Waals surface area contributed by atoms with Gasteiger partial charge in [0.25, 0.3) is 6.43 Å². The number of aryl methyl sites for hydroxylation is 2. The molecule has 0 saturated carbocycles. The molecule has 0 unspecified atom stereocenters. The molecule has 8 nitrogen and oxygen atoms in total. The lowest BCUT2D eigenvalue weighted by Crippen LogP contribution is -2.19. The molecule has 5 rings (SSSR count). The number of pyridine rings is 1. The average Bonchev–Trinajstić information content (AvgIpc) is 3.57. The molecule has 1 amide bonds. The van der Waals surface area contributed by atoms with Gasteiger partial charge in [-0.25, -0.2) is 18.4 Å². The van der Waals surface area contributed by atoms with Gasteiger partial charge in [0.2, 0.25) is 5.91 Å². The number of hydrogen-bond acceptors (Lipinski definition) is 5. The van der Waals surface area contributed by atoms with Crippen LogP contribution in [0.15, 0.2) is 65.5 Å². The van der Waals surface area contributed by atoms with Crippen molar-refractivity contribution in [1.82, 2.24) is 24.5 Å². The molecule has 35 heavy (non-hydrogen) atoms. The minimum atomic E-state index is -2.74. The van der Waals surface area contributed by atoms with Crippen LogP contribution < -0.4 is 5.32 Å². The smallest absolute Gasteiger partial charge is 0.264 e. The second kappa shape index (κ2) is 9.13. The molecule has 10 heteroatoms. The molecule has 0 fully saturated rings. The highest BCUT2D eigenvalue weighted by Gasteiger charge is 2.22. The minimum absolute atomic E-state index is 0.192. The number of benzene rings is 1. The predicted octanol–water partition coefficient (Wildman–Crippen LogP) is 5.13. The molecule has 0 aliphatic rings. The van der Waals surface area contributed by atoms with Gasteiger partial charge in [-0.1, -0.05) is 24.3 Å².